The lowest BCUT2D eigenvalue weighted by Gasteiger charge is -2.24. The summed E-state index contributed by atoms with van der Waals surface area (Å²) in [6, 6.07) is 0. The standard InChI is InChI=1S/C10H19NO3/c1-8(12)11-6-5-10(4)7-13-9(2,3)14-10/h5-7H2,1-4H3,(H,11,12). The van der Waals surface area contributed by atoms with Crippen LogP contribution in [0.15, 0.2) is 0 Å². The summed E-state index contributed by atoms with van der Waals surface area (Å²) in [6.45, 7) is 8.53. The molecule has 14 heavy (non-hydrogen) atoms. The summed E-state index contributed by atoms with van der Waals surface area (Å²) < 4.78 is 11.2. The second-order valence-corrected chi connectivity index (χ2v) is 4.47. The highest BCUT2D eigenvalue weighted by Gasteiger charge is 2.41. The molecule has 1 rings (SSSR count). The third kappa shape index (κ3) is 3.27. The minimum absolute atomic E-state index is 0.00762. The summed E-state index contributed by atoms with van der Waals surface area (Å²) in [7, 11) is 0. The van der Waals surface area contributed by atoms with Gasteiger partial charge in [0.05, 0.1) is 12.2 Å². The van der Waals surface area contributed by atoms with Gasteiger partial charge in [0.1, 0.15) is 0 Å². The number of hydrogen-bond donors (Lipinski definition) is 1. The summed E-state index contributed by atoms with van der Waals surface area (Å²) in [4.78, 5) is 10.7. The fourth-order valence-corrected chi connectivity index (χ4v) is 1.60. The first-order valence-corrected chi connectivity index (χ1v) is 4.92. The Bertz CT molecular complexity index is 227. The first-order valence-electron chi connectivity index (χ1n) is 4.92. The summed E-state index contributed by atoms with van der Waals surface area (Å²) in [6.07, 6.45) is 0.774. The van der Waals surface area contributed by atoms with Crippen LogP contribution in [-0.4, -0.2) is 30.4 Å². The van der Waals surface area contributed by atoms with Gasteiger partial charge in [-0.1, -0.05) is 0 Å². The quantitative estimate of drug-likeness (QED) is 0.742. The van der Waals surface area contributed by atoms with Gasteiger partial charge in [-0.2, -0.15) is 0 Å². The van der Waals surface area contributed by atoms with Crippen LogP contribution in [0.1, 0.15) is 34.1 Å². The predicted molar refractivity (Wildman–Crippen MR) is 52.8 cm³/mol. The van der Waals surface area contributed by atoms with E-state index < -0.39 is 5.79 Å². The van der Waals surface area contributed by atoms with Crippen LogP contribution in [0, 0.1) is 0 Å². The maximum Gasteiger partial charge on any atom is 0.216 e. The van der Waals surface area contributed by atoms with Crippen LogP contribution in [-0.2, 0) is 14.3 Å². The van der Waals surface area contributed by atoms with E-state index in [1.54, 1.807) is 0 Å². The van der Waals surface area contributed by atoms with Gasteiger partial charge in [-0.25, -0.2) is 0 Å². The molecule has 0 aliphatic carbocycles. The number of carbonyl (C=O) groups excluding carboxylic acids is 1. The van der Waals surface area contributed by atoms with E-state index in [9.17, 15) is 4.79 Å². The van der Waals surface area contributed by atoms with Gasteiger partial charge in [-0.15, -0.1) is 0 Å². The van der Waals surface area contributed by atoms with Crippen molar-refractivity contribution in [1.82, 2.24) is 5.32 Å². The van der Waals surface area contributed by atoms with Gasteiger partial charge in [-0.3, -0.25) is 4.79 Å². The molecule has 0 aromatic rings. The summed E-state index contributed by atoms with van der Waals surface area (Å²) in [5.74, 6) is -0.503. The van der Waals surface area contributed by atoms with Crippen LogP contribution in [0.5, 0.6) is 0 Å². The second-order valence-electron chi connectivity index (χ2n) is 4.47. The average Bonchev–Trinajstić information content (AvgIpc) is 2.25. The van der Waals surface area contributed by atoms with E-state index in [2.05, 4.69) is 5.32 Å². The minimum Gasteiger partial charge on any atom is -0.356 e. The average molecular weight is 201 g/mol. The van der Waals surface area contributed by atoms with Crippen molar-refractivity contribution in [3.63, 3.8) is 0 Å². The number of hydrogen-bond acceptors (Lipinski definition) is 3. The van der Waals surface area contributed by atoms with E-state index >= 15 is 0 Å². The monoisotopic (exact) mass is 201 g/mol. The predicted octanol–water partition coefficient (Wildman–Crippen LogP) is 1.05. The van der Waals surface area contributed by atoms with Crippen LogP contribution < -0.4 is 5.32 Å². The molecular weight excluding hydrogens is 182 g/mol. The first kappa shape index (κ1) is 11.5. The molecule has 1 saturated heterocycles. The molecule has 0 saturated carbocycles. The molecule has 4 heteroatoms. The highest BCUT2D eigenvalue weighted by molar-refractivity contribution is 5.72. The minimum atomic E-state index is -0.495. The van der Waals surface area contributed by atoms with Crippen molar-refractivity contribution in [2.24, 2.45) is 0 Å². The molecule has 1 unspecified atom stereocenters. The van der Waals surface area contributed by atoms with Crippen molar-refractivity contribution in [3.05, 3.63) is 0 Å². The molecule has 1 aliphatic rings. The van der Waals surface area contributed by atoms with Crippen molar-refractivity contribution in [1.29, 1.82) is 0 Å². The molecule has 1 heterocycles. The van der Waals surface area contributed by atoms with Crippen LogP contribution in [0.25, 0.3) is 0 Å². The van der Waals surface area contributed by atoms with E-state index in [0.717, 1.165) is 6.42 Å². The topological polar surface area (TPSA) is 47.6 Å². The van der Waals surface area contributed by atoms with Crippen molar-refractivity contribution in [3.8, 4) is 0 Å². The third-order valence-corrected chi connectivity index (χ3v) is 2.25. The lowest BCUT2D eigenvalue weighted by molar-refractivity contribution is -0.158. The molecule has 0 radical (unpaired) electrons. The molecule has 0 aromatic heterocycles. The molecule has 0 spiro atoms. The smallest absolute Gasteiger partial charge is 0.216 e. The maximum atomic E-state index is 10.7. The van der Waals surface area contributed by atoms with Gasteiger partial charge in [0, 0.05) is 13.5 Å². The van der Waals surface area contributed by atoms with Crippen molar-refractivity contribution < 1.29 is 14.3 Å². The van der Waals surface area contributed by atoms with E-state index in [1.165, 1.54) is 6.92 Å². The van der Waals surface area contributed by atoms with Crippen molar-refractivity contribution >= 4 is 5.91 Å². The summed E-state index contributed by atoms with van der Waals surface area (Å²) >= 11 is 0. The zero-order valence-corrected chi connectivity index (χ0v) is 9.35. The molecule has 0 aromatic carbocycles. The van der Waals surface area contributed by atoms with Crippen molar-refractivity contribution in [2.45, 2.75) is 45.5 Å². The Morgan fingerprint density at radius 3 is 2.50 bits per heavy atom. The highest BCUT2D eigenvalue weighted by Crippen LogP contribution is 2.32. The normalized spacial score (nSPS) is 30.3. The third-order valence-electron chi connectivity index (χ3n) is 2.25. The Morgan fingerprint density at radius 1 is 1.43 bits per heavy atom. The van der Waals surface area contributed by atoms with Crippen molar-refractivity contribution in [2.75, 3.05) is 13.2 Å². The molecule has 1 aliphatic heterocycles. The lowest BCUT2D eigenvalue weighted by atomic mass is 10.0. The first-order chi connectivity index (χ1) is 6.33. The zero-order valence-electron chi connectivity index (χ0n) is 9.35. The lowest BCUT2D eigenvalue weighted by Crippen LogP contribution is -2.35. The molecule has 4 nitrogen and oxygen atoms in total. The number of nitrogens with one attached hydrogen (secondary N) is 1. The van der Waals surface area contributed by atoms with Gasteiger partial charge in [0.2, 0.25) is 5.91 Å². The van der Waals surface area contributed by atoms with E-state index in [1.807, 2.05) is 20.8 Å². The molecule has 0 bridgehead atoms. The zero-order chi connectivity index (χ0) is 10.8. The van der Waals surface area contributed by atoms with Crippen LogP contribution >= 0.6 is 0 Å². The summed E-state index contributed by atoms with van der Waals surface area (Å²) in [5, 5.41) is 2.75. The Labute approximate surface area is 85.0 Å². The Morgan fingerprint density at radius 2 is 2.07 bits per heavy atom. The molecule has 1 atom stereocenters. The molecule has 1 amide bonds. The Hall–Kier alpha value is -0.610. The van der Waals surface area contributed by atoms with E-state index in [0.29, 0.717) is 13.2 Å². The van der Waals surface area contributed by atoms with Gasteiger partial charge in [0.25, 0.3) is 0 Å². The fourth-order valence-electron chi connectivity index (χ4n) is 1.60. The summed E-state index contributed by atoms with van der Waals surface area (Å²) in [5.41, 5.74) is -0.272. The van der Waals surface area contributed by atoms with Gasteiger partial charge >= 0.3 is 0 Å². The fraction of sp³-hybridized carbons (Fsp3) is 0.900. The van der Waals surface area contributed by atoms with Gasteiger partial charge in [0.15, 0.2) is 5.79 Å². The molecule has 1 fully saturated rings. The number of carbonyl (C=O) groups is 1. The SMILES string of the molecule is CC(=O)NCCC1(C)COC(C)(C)O1. The van der Waals surface area contributed by atoms with E-state index in [4.69, 9.17) is 9.47 Å². The van der Waals surface area contributed by atoms with Gasteiger partial charge < -0.3 is 14.8 Å². The van der Waals surface area contributed by atoms with Crippen LogP contribution in [0.4, 0.5) is 0 Å². The Kier molecular flexibility index (Phi) is 3.17. The Balaban J connectivity index is 2.34. The molecule has 1 N–H and O–H groups in total. The largest absolute Gasteiger partial charge is 0.356 e. The second kappa shape index (κ2) is 3.87. The molecular formula is C10H19NO3. The maximum absolute atomic E-state index is 10.7. The number of amides is 1. The number of rotatable bonds is 3. The van der Waals surface area contributed by atoms with Crippen LogP contribution in [0.3, 0.4) is 0 Å². The molecule has 82 valence electrons. The number of ether oxygens (including phenoxy) is 2. The van der Waals surface area contributed by atoms with Gasteiger partial charge in [-0.05, 0) is 27.2 Å². The van der Waals surface area contributed by atoms with E-state index in [-0.39, 0.29) is 11.5 Å². The highest BCUT2D eigenvalue weighted by atomic mass is 16.7. The van der Waals surface area contributed by atoms with Crippen LogP contribution in [0.2, 0.25) is 0 Å².